The van der Waals surface area contributed by atoms with E-state index in [-0.39, 0.29) is 0 Å². The first-order chi connectivity index (χ1) is 5.85. The average molecular weight is 163 g/mol. The van der Waals surface area contributed by atoms with Crippen LogP contribution in [0.5, 0.6) is 0 Å². The zero-order chi connectivity index (χ0) is 8.55. The quantitative estimate of drug-likeness (QED) is 0.610. The second kappa shape index (κ2) is 3.11. The third kappa shape index (κ3) is 1.36. The van der Waals surface area contributed by atoms with E-state index >= 15 is 0 Å². The van der Waals surface area contributed by atoms with Crippen LogP contribution >= 0.6 is 0 Å². The molecule has 2 saturated carbocycles. The molecule has 0 aromatic carbocycles. The molecule has 0 bridgehead atoms. The van der Waals surface area contributed by atoms with Gasteiger partial charge in [0.05, 0.1) is 6.04 Å². The van der Waals surface area contributed by atoms with Crippen LogP contribution in [0.25, 0.3) is 0 Å². The second-order valence-corrected chi connectivity index (χ2v) is 4.26. The summed E-state index contributed by atoms with van der Waals surface area (Å²) in [7, 11) is 1.98. The van der Waals surface area contributed by atoms with Crippen LogP contribution in [0.4, 0.5) is 0 Å². The van der Waals surface area contributed by atoms with Crippen LogP contribution in [0, 0.1) is 30.1 Å². The van der Waals surface area contributed by atoms with Gasteiger partial charge in [0.1, 0.15) is 0 Å². The van der Waals surface area contributed by atoms with Crippen LogP contribution < -0.4 is 5.32 Å². The van der Waals surface area contributed by atoms with Crippen molar-refractivity contribution in [1.29, 1.82) is 0 Å². The fourth-order valence-electron chi connectivity index (χ4n) is 2.65. The van der Waals surface area contributed by atoms with Crippen molar-refractivity contribution in [3.05, 3.63) is 0 Å². The van der Waals surface area contributed by atoms with E-state index in [0.29, 0.717) is 6.04 Å². The van der Waals surface area contributed by atoms with Gasteiger partial charge in [-0.1, -0.05) is 5.92 Å². The van der Waals surface area contributed by atoms with Crippen LogP contribution in [0.1, 0.15) is 25.7 Å². The molecule has 0 radical (unpaired) electrons. The first-order valence-corrected chi connectivity index (χ1v) is 4.98. The van der Waals surface area contributed by atoms with Crippen LogP contribution in [0.15, 0.2) is 0 Å². The van der Waals surface area contributed by atoms with Crippen molar-refractivity contribution in [2.75, 3.05) is 7.05 Å². The van der Waals surface area contributed by atoms with Gasteiger partial charge in [0, 0.05) is 0 Å². The molecule has 0 amide bonds. The Morgan fingerprint density at radius 1 is 1.33 bits per heavy atom. The Morgan fingerprint density at radius 2 is 2.17 bits per heavy atom. The zero-order valence-electron chi connectivity index (χ0n) is 7.72. The van der Waals surface area contributed by atoms with Crippen molar-refractivity contribution >= 4 is 0 Å². The van der Waals surface area contributed by atoms with E-state index < -0.39 is 0 Å². The second-order valence-electron chi connectivity index (χ2n) is 4.26. The topological polar surface area (TPSA) is 12.0 Å². The van der Waals surface area contributed by atoms with Gasteiger partial charge < -0.3 is 5.32 Å². The Bertz CT molecular complexity index is 204. The molecule has 12 heavy (non-hydrogen) atoms. The van der Waals surface area contributed by atoms with Gasteiger partial charge >= 0.3 is 0 Å². The Morgan fingerprint density at radius 3 is 2.75 bits per heavy atom. The minimum atomic E-state index is 0.326. The maximum absolute atomic E-state index is 5.46. The molecule has 0 heterocycles. The van der Waals surface area contributed by atoms with Gasteiger partial charge in [0.15, 0.2) is 0 Å². The monoisotopic (exact) mass is 163 g/mol. The summed E-state index contributed by atoms with van der Waals surface area (Å²) < 4.78 is 0. The van der Waals surface area contributed by atoms with Gasteiger partial charge in [-0.2, -0.15) is 0 Å². The molecule has 0 aliphatic heterocycles. The summed E-state index contributed by atoms with van der Waals surface area (Å²) in [6.07, 6.45) is 11.1. The molecule has 1 heteroatoms. The number of rotatable bonds is 2. The SMILES string of the molecule is C#CC(NC)C1CCC2CC2C1. The van der Waals surface area contributed by atoms with Crippen LogP contribution in [-0.2, 0) is 0 Å². The van der Waals surface area contributed by atoms with Gasteiger partial charge in [-0.05, 0) is 50.5 Å². The highest BCUT2D eigenvalue weighted by Crippen LogP contribution is 2.51. The van der Waals surface area contributed by atoms with E-state index in [1.165, 1.54) is 25.7 Å². The Balaban J connectivity index is 1.91. The van der Waals surface area contributed by atoms with Crippen molar-refractivity contribution in [2.45, 2.75) is 31.7 Å². The Labute approximate surface area is 74.9 Å². The largest absolute Gasteiger partial charge is 0.307 e. The van der Waals surface area contributed by atoms with E-state index in [1.54, 1.807) is 0 Å². The third-order valence-electron chi connectivity index (χ3n) is 3.54. The lowest BCUT2D eigenvalue weighted by Crippen LogP contribution is -2.33. The molecule has 2 aliphatic carbocycles. The molecule has 4 unspecified atom stereocenters. The van der Waals surface area contributed by atoms with Gasteiger partial charge in [0.25, 0.3) is 0 Å². The maximum atomic E-state index is 5.46. The predicted octanol–water partition coefficient (Wildman–Crippen LogP) is 1.64. The molecule has 2 fully saturated rings. The Kier molecular flexibility index (Phi) is 2.11. The highest BCUT2D eigenvalue weighted by Gasteiger charge is 2.43. The number of terminal acetylenes is 1. The standard InChI is InChI=1S/C11H17N/c1-3-11(12-2)9-5-4-8-6-10(8)7-9/h1,8-12H,4-7H2,2H3. The molecular formula is C11H17N. The first kappa shape index (κ1) is 8.13. The fourth-order valence-corrected chi connectivity index (χ4v) is 2.65. The van der Waals surface area contributed by atoms with Gasteiger partial charge in [-0.25, -0.2) is 0 Å². The van der Waals surface area contributed by atoms with Gasteiger partial charge in [0.2, 0.25) is 0 Å². The summed E-state index contributed by atoms with van der Waals surface area (Å²) in [6, 6.07) is 0.326. The lowest BCUT2D eigenvalue weighted by Gasteiger charge is -2.26. The summed E-state index contributed by atoms with van der Waals surface area (Å²) in [4.78, 5) is 0. The fraction of sp³-hybridized carbons (Fsp3) is 0.818. The Hall–Kier alpha value is -0.480. The van der Waals surface area contributed by atoms with E-state index in [1.807, 2.05) is 7.05 Å². The number of nitrogens with one attached hydrogen (secondary N) is 1. The third-order valence-corrected chi connectivity index (χ3v) is 3.54. The molecule has 4 atom stereocenters. The van der Waals surface area contributed by atoms with Crippen molar-refractivity contribution in [2.24, 2.45) is 17.8 Å². The lowest BCUT2D eigenvalue weighted by molar-refractivity contribution is 0.303. The van der Waals surface area contributed by atoms with E-state index in [4.69, 9.17) is 6.42 Å². The van der Waals surface area contributed by atoms with Crippen LogP contribution in [-0.4, -0.2) is 13.1 Å². The summed E-state index contributed by atoms with van der Waals surface area (Å²) in [5.74, 6) is 5.72. The predicted molar refractivity (Wildman–Crippen MR) is 50.6 cm³/mol. The number of hydrogen-bond donors (Lipinski definition) is 1. The molecule has 0 spiro atoms. The molecule has 1 nitrogen and oxygen atoms in total. The molecular weight excluding hydrogens is 146 g/mol. The minimum absolute atomic E-state index is 0.326. The summed E-state index contributed by atoms with van der Waals surface area (Å²) in [6.45, 7) is 0. The van der Waals surface area contributed by atoms with Crippen LogP contribution in [0.3, 0.4) is 0 Å². The number of hydrogen-bond acceptors (Lipinski definition) is 1. The first-order valence-electron chi connectivity index (χ1n) is 4.98. The normalized spacial score (nSPS) is 41.2. The molecule has 0 aromatic rings. The van der Waals surface area contributed by atoms with E-state index in [0.717, 1.165) is 17.8 Å². The zero-order valence-corrected chi connectivity index (χ0v) is 7.72. The highest BCUT2D eigenvalue weighted by molar-refractivity contribution is 5.05. The summed E-state index contributed by atoms with van der Waals surface area (Å²) >= 11 is 0. The molecule has 0 aromatic heterocycles. The molecule has 0 saturated heterocycles. The van der Waals surface area contributed by atoms with Crippen molar-refractivity contribution < 1.29 is 0 Å². The van der Waals surface area contributed by atoms with Crippen molar-refractivity contribution in [3.63, 3.8) is 0 Å². The summed E-state index contributed by atoms with van der Waals surface area (Å²) in [5.41, 5.74) is 0. The highest BCUT2D eigenvalue weighted by atomic mass is 14.9. The van der Waals surface area contributed by atoms with Crippen molar-refractivity contribution in [1.82, 2.24) is 5.32 Å². The lowest BCUT2D eigenvalue weighted by atomic mass is 9.84. The molecule has 66 valence electrons. The smallest absolute Gasteiger partial charge is 0.0713 e. The van der Waals surface area contributed by atoms with Crippen LogP contribution in [0.2, 0.25) is 0 Å². The summed E-state index contributed by atoms with van der Waals surface area (Å²) in [5, 5.41) is 3.22. The van der Waals surface area contributed by atoms with Crippen molar-refractivity contribution in [3.8, 4) is 12.3 Å². The minimum Gasteiger partial charge on any atom is -0.307 e. The maximum Gasteiger partial charge on any atom is 0.0713 e. The molecule has 1 N–H and O–H groups in total. The average Bonchev–Trinajstić information content (AvgIpc) is 2.84. The molecule has 2 rings (SSSR count). The van der Waals surface area contributed by atoms with Gasteiger partial charge in [-0.15, -0.1) is 6.42 Å². The number of fused-ring (bicyclic) bond motifs is 1. The van der Waals surface area contributed by atoms with Gasteiger partial charge in [-0.3, -0.25) is 0 Å². The van der Waals surface area contributed by atoms with E-state index in [2.05, 4.69) is 11.2 Å². The molecule has 2 aliphatic rings. The van der Waals surface area contributed by atoms with E-state index in [9.17, 15) is 0 Å².